The summed E-state index contributed by atoms with van der Waals surface area (Å²) in [6.07, 6.45) is -3.64. The van der Waals surface area contributed by atoms with Gasteiger partial charge in [0.25, 0.3) is 0 Å². The molecule has 0 amide bonds. The number of aryl methyl sites for hydroxylation is 1. The predicted molar refractivity (Wildman–Crippen MR) is 164 cm³/mol. The molecule has 1 aliphatic rings. The third-order valence-corrected chi connectivity index (χ3v) is 9.15. The second-order valence-corrected chi connectivity index (χ2v) is 12.6. The van der Waals surface area contributed by atoms with Gasteiger partial charge in [0.05, 0.1) is 0 Å². The van der Waals surface area contributed by atoms with Gasteiger partial charge in [0.15, 0.2) is 0 Å². The van der Waals surface area contributed by atoms with Crippen LogP contribution in [0.1, 0.15) is 54.4 Å². The minimum absolute atomic E-state index is 0.163. The Hall–Kier alpha value is -2.88. The number of allylic oxidation sites excluding steroid dienone is 1. The van der Waals surface area contributed by atoms with Crippen LogP contribution < -0.4 is 4.74 Å². The Balaban J connectivity index is 1.27. The molecule has 0 bridgehead atoms. The van der Waals surface area contributed by atoms with E-state index in [-0.39, 0.29) is 11.5 Å². The summed E-state index contributed by atoms with van der Waals surface area (Å²) in [5, 5.41) is 0. The largest absolute Gasteiger partial charge is 0.616 e. The maximum absolute atomic E-state index is 13.0. The molecule has 3 aromatic rings. The number of ether oxygens (including phenoxy) is 1. The molecular formula is C34H38F5NO2S. The first-order valence-corrected chi connectivity index (χ1v) is 16.1. The van der Waals surface area contributed by atoms with Crippen molar-refractivity contribution in [1.29, 1.82) is 0 Å². The summed E-state index contributed by atoms with van der Waals surface area (Å²) < 4.78 is 80.7. The minimum Gasteiger partial charge on any atom is -0.616 e. The highest BCUT2D eigenvalue weighted by Gasteiger charge is 2.56. The van der Waals surface area contributed by atoms with Crippen LogP contribution in [0.2, 0.25) is 0 Å². The number of nitrogens with zero attached hydrogens (tertiary/aromatic N) is 1. The second kappa shape index (κ2) is 15.2. The van der Waals surface area contributed by atoms with Crippen LogP contribution in [0.25, 0.3) is 11.1 Å². The fourth-order valence-electron chi connectivity index (χ4n) is 5.33. The highest BCUT2D eigenvalue weighted by atomic mass is 32.2. The van der Waals surface area contributed by atoms with E-state index < -0.39 is 36.1 Å². The maximum atomic E-state index is 13.0. The molecule has 0 saturated carbocycles. The molecule has 0 fully saturated rings. The Kier molecular flexibility index (Phi) is 11.7. The topological polar surface area (TPSA) is 35.5 Å². The third-order valence-electron chi connectivity index (χ3n) is 7.66. The quantitative estimate of drug-likeness (QED) is 0.134. The molecule has 0 saturated heterocycles. The van der Waals surface area contributed by atoms with Gasteiger partial charge in [-0.05, 0) is 78.3 Å². The standard InChI is InChI=1S/C34H38F5NO2S/c1-40(21-9-25-43(41)24-8-20-33(35,36)34(37,38)39)22-23-42-29-18-16-28(17-19-29)32-30-14-6-5-12-27(30)13-7-15-31(32)26-10-3-2-4-11-26/h2-6,10-12,14,16-19H,7-9,13,15,20-25H2,1H3. The summed E-state index contributed by atoms with van der Waals surface area (Å²) in [7, 11) is 1.90. The Morgan fingerprint density at radius 1 is 0.791 bits per heavy atom. The van der Waals surface area contributed by atoms with E-state index in [1.54, 1.807) is 0 Å². The van der Waals surface area contributed by atoms with Crippen molar-refractivity contribution in [2.24, 2.45) is 0 Å². The SMILES string of the molecule is CN(CCC[S+]([O-])CCCC(F)(F)C(F)(F)F)CCOc1ccc(C2=C(c3ccccc3)CCCc3ccccc32)cc1. The Morgan fingerprint density at radius 2 is 1.47 bits per heavy atom. The van der Waals surface area contributed by atoms with Gasteiger partial charge in [0, 0.05) is 25.9 Å². The monoisotopic (exact) mass is 619 g/mol. The van der Waals surface area contributed by atoms with Crippen molar-refractivity contribution in [3.63, 3.8) is 0 Å². The van der Waals surface area contributed by atoms with Crippen molar-refractivity contribution in [2.45, 2.75) is 50.6 Å². The molecule has 4 rings (SSSR count). The molecule has 43 heavy (non-hydrogen) atoms. The normalized spacial score (nSPS) is 14.9. The molecular weight excluding hydrogens is 581 g/mol. The van der Waals surface area contributed by atoms with Crippen LogP contribution >= 0.6 is 0 Å². The molecule has 1 aliphatic carbocycles. The van der Waals surface area contributed by atoms with Gasteiger partial charge >= 0.3 is 12.1 Å². The number of hydrogen-bond acceptors (Lipinski definition) is 3. The summed E-state index contributed by atoms with van der Waals surface area (Å²) in [6.45, 7) is 1.69. The van der Waals surface area contributed by atoms with Gasteiger partial charge < -0.3 is 14.2 Å². The van der Waals surface area contributed by atoms with E-state index in [1.165, 1.54) is 27.8 Å². The summed E-state index contributed by atoms with van der Waals surface area (Å²) in [5.41, 5.74) is 7.63. The summed E-state index contributed by atoms with van der Waals surface area (Å²) >= 11 is -1.43. The maximum Gasteiger partial charge on any atom is 0.453 e. The first-order chi connectivity index (χ1) is 20.5. The van der Waals surface area contributed by atoms with E-state index in [2.05, 4.69) is 60.7 Å². The zero-order chi connectivity index (χ0) is 30.9. The van der Waals surface area contributed by atoms with Crippen LogP contribution in [0.15, 0.2) is 78.9 Å². The summed E-state index contributed by atoms with van der Waals surface area (Å²) in [4.78, 5) is 2.02. The van der Waals surface area contributed by atoms with Crippen molar-refractivity contribution in [3.8, 4) is 5.75 Å². The lowest BCUT2D eigenvalue weighted by Crippen LogP contribution is -2.36. The molecule has 232 valence electrons. The van der Waals surface area contributed by atoms with Crippen molar-refractivity contribution >= 4 is 22.3 Å². The van der Waals surface area contributed by atoms with E-state index in [1.807, 2.05) is 30.1 Å². The number of alkyl halides is 5. The predicted octanol–water partition coefficient (Wildman–Crippen LogP) is 8.41. The summed E-state index contributed by atoms with van der Waals surface area (Å²) in [6, 6.07) is 27.4. The Morgan fingerprint density at radius 3 is 2.19 bits per heavy atom. The second-order valence-electron chi connectivity index (χ2n) is 10.9. The van der Waals surface area contributed by atoms with Crippen LogP contribution in [-0.4, -0.2) is 59.8 Å². The van der Waals surface area contributed by atoms with Gasteiger partial charge in [-0.1, -0.05) is 77.9 Å². The van der Waals surface area contributed by atoms with Crippen molar-refractivity contribution in [1.82, 2.24) is 4.90 Å². The molecule has 1 unspecified atom stereocenters. The highest BCUT2D eigenvalue weighted by molar-refractivity contribution is 7.91. The molecule has 0 N–H and O–H groups in total. The summed E-state index contributed by atoms with van der Waals surface area (Å²) in [5.74, 6) is -3.88. The first kappa shape index (κ1) is 33.0. The van der Waals surface area contributed by atoms with Gasteiger partial charge in [-0.25, -0.2) is 0 Å². The van der Waals surface area contributed by atoms with E-state index in [4.69, 9.17) is 4.74 Å². The van der Waals surface area contributed by atoms with Crippen LogP contribution in [0.3, 0.4) is 0 Å². The van der Waals surface area contributed by atoms with E-state index in [0.717, 1.165) is 30.6 Å². The van der Waals surface area contributed by atoms with Crippen molar-refractivity contribution < 1.29 is 31.2 Å². The Bertz CT molecular complexity index is 1330. The number of fused-ring (bicyclic) bond motifs is 1. The average Bonchev–Trinajstić information content (AvgIpc) is 3.17. The molecule has 0 heterocycles. The third kappa shape index (κ3) is 9.30. The molecule has 0 radical (unpaired) electrons. The molecule has 0 aliphatic heterocycles. The van der Waals surface area contributed by atoms with Crippen LogP contribution in [0, 0.1) is 0 Å². The van der Waals surface area contributed by atoms with Crippen LogP contribution in [0.5, 0.6) is 5.75 Å². The fourth-order valence-corrected chi connectivity index (χ4v) is 6.45. The van der Waals surface area contributed by atoms with Gasteiger partial charge in [0.1, 0.15) is 23.9 Å². The number of halogens is 5. The molecule has 3 aromatic carbocycles. The van der Waals surface area contributed by atoms with E-state index in [9.17, 15) is 26.5 Å². The van der Waals surface area contributed by atoms with E-state index in [0.29, 0.717) is 26.1 Å². The molecule has 9 heteroatoms. The van der Waals surface area contributed by atoms with Gasteiger partial charge in [0.2, 0.25) is 0 Å². The Labute approximate surface area is 253 Å². The lowest BCUT2D eigenvalue weighted by molar-refractivity contribution is -0.284. The van der Waals surface area contributed by atoms with Crippen LogP contribution in [0.4, 0.5) is 22.0 Å². The van der Waals surface area contributed by atoms with Gasteiger partial charge in [-0.3, -0.25) is 0 Å². The number of rotatable bonds is 14. The first-order valence-electron chi connectivity index (χ1n) is 14.6. The number of likely N-dealkylation sites (N-methyl/N-ethyl adjacent to an activating group) is 1. The zero-order valence-corrected chi connectivity index (χ0v) is 25.2. The lowest BCUT2D eigenvalue weighted by atomic mass is 9.88. The number of benzene rings is 3. The van der Waals surface area contributed by atoms with Crippen molar-refractivity contribution in [2.75, 3.05) is 38.2 Å². The average molecular weight is 620 g/mol. The zero-order valence-electron chi connectivity index (χ0n) is 24.3. The minimum atomic E-state index is -5.56. The van der Waals surface area contributed by atoms with Gasteiger partial charge in [-0.15, -0.1) is 0 Å². The van der Waals surface area contributed by atoms with Gasteiger partial charge in [-0.2, -0.15) is 22.0 Å². The van der Waals surface area contributed by atoms with E-state index >= 15 is 0 Å². The fraction of sp³-hybridized carbons (Fsp3) is 0.412. The van der Waals surface area contributed by atoms with Crippen LogP contribution in [-0.2, 0) is 17.6 Å². The molecule has 0 spiro atoms. The molecule has 3 nitrogen and oxygen atoms in total. The smallest absolute Gasteiger partial charge is 0.453 e. The highest BCUT2D eigenvalue weighted by Crippen LogP contribution is 2.40. The van der Waals surface area contributed by atoms with Crippen molar-refractivity contribution in [3.05, 3.63) is 101 Å². The number of hydrogen-bond donors (Lipinski definition) is 0. The lowest BCUT2D eigenvalue weighted by Gasteiger charge is -2.20. The molecule has 0 aromatic heterocycles. The molecule has 1 atom stereocenters.